The normalized spacial score (nSPS) is 13.3. The van der Waals surface area contributed by atoms with Gasteiger partial charge >= 0.3 is 0 Å². The number of carbonyl (C=O) groups excluding carboxylic acids is 1. The predicted octanol–water partition coefficient (Wildman–Crippen LogP) is 4.56. The maximum atomic E-state index is 12.7. The van der Waals surface area contributed by atoms with Crippen LogP contribution < -0.4 is 10.1 Å². The standard InChI is InChI=1S/C24H22N4O2/c1-30-21-14-17-10-5-6-12-19(17)28(21)24-26-22-18(11-7-13-20(22)29)23(27-24)25-15-16-8-3-2-4-9-16/h2-6,8-10,12,14H,7,11,13,15H2,1H3,(H,25,26,27). The van der Waals surface area contributed by atoms with Crippen LogP contribution in [0, 0.1) is 0 Å². The molecule has 5 rings (SSSR count). The Balaban J connectivity index is 1.65. The summed E-state index contributed by atoms with van der Waals surface area (Å²) >= 11 is 0. The van der Waals surface area contributed by atoms with E-state index in [1.807, 2.05) is 53.1 Å². The minimum Gasteiger partial charge on any atom is -0.482 e. The monoisotopic (exact) mass is 398 g/mol. The number of rotatable bonds is 5. The molecule has 2 aromatic heterocycles. The molecule has 0 bridgehead atoms. The highest BCUT2D eigenvalue weighted by Crippen LogP contribution is 2.31. The van der Waals surface area contributed by atoms with E-state index in [0.717, 1.165) is 34.9 Å². The van der Waals surface area contributed by atoms with E-state index in [4.69, 9.17) is 14.7 Å². The van der Waals surface area contributed by atoms with Gasteiger partial charge in [0.15, 0.2) is 5.78 Å². The largest absolute Gasteiger partial charge is 0.482 e. The molecule has 150 valence electrons. The summed E-state index contributed by atoms with van der Waals surface area (Å²) < 4.78 is 7.47. The van der Waals surface area contributed by atoms with Gasteiger partial charge in [0.25, 0.3) is 0 Å². The smallest absolute Gasteiger partial charge is 0.239 e. The lowest BCUT2D eigenvalue weighted by Gasteiger charge is -2.20. The fourth-order valence-corrected chi connectivity index (χ4v) is 4.00. The third-order valence-electron chi connectivity index (χ3n) is 5.48. The summed E-state index contributed by atoms with van der Waals surface area (Å²) in [6.07, 6.45) is 2.14. The Morgan fingerprint density at radius 1 is 1.03 bits per heavy atom. The minimum absolute atomic E-state index is 0.0677. The summed E-state index contributed by atoms with van der Waals surface area (Å²) in [4.78, 5) is 22.2. The first-order valence-corrected chi connectivity index (χ1v) is 10.1. The van der Waals surface area contributed by atoms with Crippen LogP contribution in [0.3, 0.4) is 0 Å². The summed E-state index contributed by atoms with van der Waals surface area (Å²) in [5.74, 6) is 1.86. The molecular formula is C24H22N4O2. The van der Waals surface area contributed by atoms with Crippen LogP contribution in [-0.4, -0.2) is 27.4 Å². The lowest BCUT2D eigenvalue weighted by atomic mass is 9.95. The molecule has 0 saturated heterocycles. The molecule has 30 heavy (non-hydrogen) atoms. The predicted molar refractivity (Wildman–Crippen MR) is 116 cm³/mol. The first kappa shape index (κ1) is 18.4. The highest BCUT2D eigenvalue weighted by atomic mass is 16.5. The summed E-state index contributed by atoms with van der Waals surface area (Å²) in [6.45, 7) is 0.626. The van der Waals surface area contributed by atoms with E-state index in [0.29, 0.717) is 36.3 Å². The van der Waals surface area contributed by atoms with Crippen molar-refractivity contribution in [1.29, 1.82) is 0 Å². The maximum Gasteiger partial charge on any atom is 0.239 e. The molecule has 1 N–H and O–H groups in total. The summed E-state index contributed by atoms with van der Waals surface area (Å²) in [5.41, 5.74) is 3.51. The molecule has 0 amide bonds. The number of fused-ring (bicyclic) bond motifs is 2. The molecule has 2 heterocycles. The second-order valence-electron chi connectivity index (χ2n) is 7.40. The summed E-state index contributed by atoms with van der Waals surface area (Å²) in [5, 5.41) is 4.47. The topological polar surface area (TPSA) is 69.0 Å². The molecule has 0 aliphatic heterocycles. The maximum absolute atomic E-state index is 12.7. The van der Waals surface area contributed by atoms with Crippen LogP contribution in [0.4, 0.5) is 5.82 Å². The molecule has 0 radical (unpaired) electrons. The lowest BCUT2D eigenvalue weighted by Crippen LogP contribution is -2.19. The van der Waals surface area contributed by atoms with Gasteiger partial charge in [0.1, 0.15) is 11.5 Å². The summed E-state index contributed by atoms with van der Waals surface area (Å²) in [6, 6.07) is 20.1. The van der Waals surface area contributed by atoms with Gasteiger partial charge < -0.3 is 10.1 Å². The SMILES string of the molecule is COc1cc2ccccc2n1-c1nc(NCc2ccccc2)c2c(n1)C(=O)CCC2. The van der Waals surface area contributed by atoms with E-state index < -0.39 is 0 Å². The number of methoxy groups -OCH3 is 1. The van der Waals surface area contributed by atoms with Crippen LogP contribution in [0.5, 0.6) is 5.88 Å². The highest BCUT2D eigenvalue weighted by molar-refractivity contribution is 5.98. The van der Waals surface area contributed by atoms with Crippen molar-refractivity contribution < 1.29 is 9.53 Å². The Morgan fingerprint density at radius 3 is 2.67 bits per heavy atom. The fourth-order valence-electron chi connectivity index (χ4n) is 4.00. The zero-order valence-electron chi connectivity index (χ0n) is 16.8. The Hall–Kier alpha value is -3.67. The molecule has 0 spiro atoms. The van der Waals surface area contributed by atoms with Gasteiger partial charge in [-0.1, -0.05) is 48.5 Å². The molecule has 1 aliphatic rings. The van der Waals surface area contributed by atoms with Gasteiger partial charge in [0.05, 0.1) is 12.6 Å². The van der Waals surface area contributed by atoms with E-state index in [9.17, 15) is 4.79 Å². The van der Waals surface area contributed by atoms with Crippen LogP contribution in [-0.2, 0) is 13.0 Å². The number of aromatic nitrogens is 3. The zero-order valence-corrected chi connectivity index (χ0v) is 16.8. The van der Waals surface area contributed by atoms with E-state index in [-0.39, 0.29) is 5.78 Å². The van der Waals surface area contributed by atoms with Crippen LogP contribution >= 0.6 is 0 Å². The Kier molecular flexibility index (Phi) is 4.67. The molecule has 2 aromatic carbocycles. The number of anilines is 1. The number of nitrogens with one attached hydrogen (secondary N) is 1. The zero-order chi connectivity index (χ0) is 20.5. The fraction of sp³-hybridized carbons (Fsp3) is 0.208. The molecule has 0 saturated carbocycles. The molecule has 4 aromatic rings. The second kappa shape index (κ2) is 7.63. The Bertz CT molecular complexity index is 1230. The Morgan fingerprint density at radius 2 is 1.83 bits per heavy atom. The van der Waals surface area contributed by atoms with E-state index in [1.165, 1.54) is 0 Å². The molecule has 6 nitrogen and oxygen atoms in total. The van der Waals surface area contributed by atoms with Crippen molar-refractivity contribution in [1.82, 2.24) is 14.5 Å². The van der Waals surface area contributed by atoms with E-state index in [2.05, 4.69) is 17.4 Å². The molecule has 0 atom stereocenters. The van der Waals surface area contributed by atoms with Crippen LogP contribution in [0.2, 0.25) is 0 Å². The number of hydrogen-bond acceptors (Lipinski definition) is 5. The van der Waals surface area contributed by atoms with Crippen molar-refractivity contribution in [2.45, 2.75) is 25.8 Å². The van der Waals surface area contributed by atoms with Gasteiger partial charge in [-0.3, -0.25) is 4.79 Å². The first-order valence-electron chi connectivity index (χ1n) is 10.1. The van der Waals surface area contributed by atoms with E-state index >= 15 is 0 Å². The van der Waals surface area contributed by atoms with Crippen molar-refractivity contribution in [3.63, 3.8) is 0 Å². The lowest BCUT2D eigenvalue weighted by molar-refractivity contribution is 0.0967. The van der Waals surface area contributed by atoms with Gasteiger partial charge in [-0.25, -0.2) is 9.55 Å². The number of Topliss-reactive ketones (excluding diaryl/α,β-unsaturated/α-hetero) is 1. The van der Waals surface area contributed by atoms with Crippen LogP contribution in [0.1, 0.15) is 34.5 Å². The number of hydrogen-bond donors (Lipinski definition) is 1. The quantitative estimate of drug-likeness (QED) is 0.534. The van der Waals surface area contributed by atoms with Crippen LogP contribution in [0.15, 0.2) is 60.7 Å². The number of nitrogens with zero attached hydrogens (tertiary/aromatic N) is 3. The van der Waals surface area contributed by atoms with Gasteiger partial charge in [-0.2, -0.15) is 4.98 Å². The first-order chi connectivity index (χ1) is 14.7. The average Bonchev–Trinajstić information content (AvgIpc) is 3.17. The highest BCUT2D eigenvalue weighted by Gasteiger charge is 2.25. The molecule has 0 fully saturated rings. The molecule has 6 heteroatoms. The number of para-hydroxylation sites is 1. The molecule has 1 aliphatic carbocycles. The average molecular weight is 398 g/mol. The Labute approximate surface area is 174 Å². The van der Waals surface area contributed by atoms with Gasteiger partial charge in [0.2, 0.25) is 11.8 Å². The molecule has 0 unspecified atom stereocenters. The van der Waals surface area contributed by atoms with Crippen molar-refractivity contribution in [3.8, 4) is 11.8 Å². The van der Waals surface area contributed by atoms with Crippen molar-refractivity contribution in [2.75, 3.05) is 12.4 Å². The van der Waals surface area contributed by atoms with Crippen molar-refractivity contribution in [3.05, 3.63) is 77.5 Å². The van der Waals surface area contributed by atoms with Gasteiger partial charge in [0, 0.05) is 30.0 Å². The van der Waals surface area contributed by atoms with Gasteiger partial charge in [-0.05, 0) is 24.5 Å². The number of benzene rings is 2. The third-order valence-corrected chi connectivity index (χ3v) is 5.48. The number of ketones is 1. The van der Waals surface area contributed by atoms with Gasteiger partial charge in [-0.15, -0.1) is 0 Å². The van der Waals surface area contributed by atoms with Crippen molar-refractivity contribution >= 4 is 22.5 Å². The van der Waals surface area contributed by atoms with Crippen molar-refractivity contribution in [2.24, 2.45) is 0 Å². The summed E-state index contributed by atoms with van der Waals surface area (Å²) in [7, 11) is 1.63. The third kappa shape index (κ3) is 3.20. The number of ether oxygens (including phenoxy) is 1. The molecular weight excluding hydrogens is 376 g/mol. The number of carbonyl (C=O) groups is 1. The minimum atomic E-state index is 0.0677. The van der Waals surface area contributed by atoms with E-state index in [1.54, 1.807) is 7.11 Å². The van der Waals surface area contributed by atoms with Crippen LogP contribution in [0.25, 0.3) is 16.9 Å². The second-order valence-corrected chi connectivity index (χ2v) is 7.40.